The van der Waals surface area contributed by atoms with Gasteiger partial charge in [0.15, 0.2) is 0 Å². The van der Waals surface area contributed by atoms with E-state index < -0.39 is 10.0 Å². The molecule has 0 aliphatic carbocycles. The molecule has 1 aromatic heterocycles. The fraction of sp³-hybridized carbons (Fsp3) is 0.450. The standard InChI is InChI=1S/C20H24ClN3O3S/c1-13-10-15-11-17(12-18(21)19(15)27-13)28(25,26)23-9-3-5-16-7-6-14-4-2-8-22-20(14)24-16/h6-7,11-13,23H,2-5,8-10H2,1H3,(H,22,24). The second-order valence-electron chi connectivity index (χ2n) is 7.37. The predicted molar refractivity (Wildman–Crippen MR) is 110 cm³/mol. The van der Waals surface area contributed by atoms with Crippen LogP contribution in [0.4, 0.5) is 5.82 Å². The van der Waals surface area contributed by atoms with Crippen LogP contribution in [-0.4, -0.2) is 32.6 Å². The van der Waals surface area contributed by atoms with Crippen molar-refractivity contribution in [2.45, 2.75) is 50.0 Å². The van der Waals surface area contributed by atoms with E-state index in [0.717, 1.165) is 36.5 Å². The van der Waals surface area contributed by atoms with E-state index >= 15 is 0 Å². The summed E-state index contributed by atoms with van der Waals surface area (Å²) in [6.45, 7) is 3.24. The van der Waals surface area contributed by atoms with E-state index in [1.807, 2.05) is 13.0 Å². The SMILES string of the molecule is CC1Cc2cc(S(=O)(=O)NCCCc3ccc4c(n3)NCCC4)cc(Cl)c2O1. The number of aryl methyl sites for hydroxylation is 2. The van der Waals surface area contributed by atoms with Crippen LogP contribution in [-0.2, 0) is 29.3 Å². The molecule has 8 heteroatoms. The molecule has 0 bridgehead atoms. The first-order valence-electron chi connectivity index (χ1n) is 9.64. The van der Waals surface area contributed by atoms with E-state index in [2.05, 4.69) is 21.1 Å². The molecule has 0 spiro atoms. The fourth-order valence-electron chi connectivity index (χ4n) is 3.68. The maximum Gasteiger partial charge on any atom is 0.240 e. The van der Waals surface area contributed by atoms with Crippen molar-refractivity contribution in [2.24, 2.45) is 0 Å². The summed E-state index contributed by atoms with van der Waals surface area (Å²) in [5.41, 5.74) is 3.06. The maximum absolute atomic E-state index is 12.6. The van der Waals surface area contributed by atoms with E-state index in [4.69, 9.17) is 16.3 Å². The van der Waals surface area contributed by atoms with Crippen LogP contribution in [0.5, 0.6) is 5.75 Å². The zero-order valence-electron chi connectivity index (χ0n) is 15.8. The van der Waals surface area contributed by atoms with Crippen molar-refractivity contribution < 1.29 is 13.2 Å². The molecule has 0 saturated carbocycles. The number of aromatic nitrogens is 1. The van der Waals surface area contributed by atoms with Gasteiger partial charge >= 0.3 is 0 Å². The minimum atomic E-state index is -3.61. The number of nitrogens with one attached hydrogen (secondary N) is 2. The van der Waals surface area contributed by atoms with Crippen LogP contribution in [0.2, 0.25) is 5.02 Å². The van der Waals surface area contributed by atoms with Gasteiger partial charge < -0.3 is 10.1 Å². The third-order valence-electron chi connectivity index (χ3n) is 5.08. The van der Waals surface area contributed by atoms with Crippen LogP contribution in [0.1, 0.15) is 36.6 Å². The first-order valence-corrected chi connectivity index (χ1v) is 11.5. The molecule has 1 aromatic carbocycles. The highest BCUT2D eigenvalue weighted by atomic mass is 35.5. The number of pyridine rings is 1. The molecule has 3 heterocycles. The number of ether oxygens (including phenoxy) is 1. The Morgan fingerprint density at radius 1 is 1.32 bits per heavy atom. The highest BCUT2D eigenvalue weighted by molar-refractivity contribution is 7.89. The average molecular weight is 422 g/mol. The van der Waals surface area contributed by atoms with Gasteiger partial charge in [-0.2, -0.15) is 0 Å². The maximum atomic E-state index is 12.6. The van der Waals surface area contributed by atoms with Crippen molar-refractivity contribution >= 4 is 27.4 Å². The quantitative estimate of drug-likeness (QED) is 0.699. The third kappa shape index (κ3) is 4.11. The molecular formula is C20H24ClN3O3S. The molecule has 28 heavy (non-hydrogen) atoms. The minimum absolute atomic E-state index is 0.0111. The number of hydrogen-bond acceptors (Lipinski definition) is 5. The molecule has 2 aromatic rings. The molecule has 150 valence electrons. The molecule has 0 saturated heterocycles. The minimum Gasteiger partial charge on any atom is -0.489 e. The van der Waals surface area contributed by atoms with Crippen LogP contribution in [0, 0.1) is 0 Å². The lowest BCUT2D eigenvalue weighted by molar-refractivity contribution is 0.255. The molecule has 1 unspecified atom stereocenters. The number of sulfonamides is 1. The molecule has 1 atom stereocenters. The number of benzene rings is 1. The van der Waals surface area contributed by atoms with E-state index in [-0.39, 0.29) is 11.0 Å². The zero-order valence-corrected chi connectivity index (χ0v) is 17.4. The Kier molecular flexibility index (Phi) is 5.49. The van der Waals surface area contributed by atoms with Gasteiger partial charge in [0.2, 0.25) is 10.0 Å². The molecular weight excluding hydrogens is 398 g/mol. The molecule has 2 N–H and O–H groups in total. The second-order valence-corrected chi connectivity index (χ2v) is 9.54. The summed E-state index contributed by atoms with van der Waals surface area (Å²) < 4.78 is 33.6. The van der Waals surface area contributed by atoms with Crippen molar-refractivity contribution in [3.63, 3.8) is 0 Å². The number of fused-ring (bicyclic) bond motifs is 2. The average Bonchev–Trinajstić information content (AvgIpc) is 3.06. The van der Waals surface area contributed by atoms with Gasteiger partial charge in [-0.1, -0.05) is 17.7 Å². The fourth-order valence-corrected chi connectivity index (χ4v) is 5.18. The van der Waals surface area contributed by atoms with Crippen molar-refractivity contribution in [3.05, 3.63) is 46.1 Å². The van der Waals surface area contributed by atoms with Crippen LogP contribution >= 0.6 is 11.6 Å². The van der Waals surface area contributed by atoms with Crippen molar-refractivity contribution in [1.82, 2.24) is 9.71 Å². The number of hydrogen-bond donors (Lipinski definition) is 2. The largest absolute Gasteiger partial charge is 0.489 e. The molecule has 2 aliphatic heterocycles. The Morgan fingerprint density at radius 3 is 3.04 bits per heavy atom. The third-order valence-corrected chi connectivity index (χ3v) is 6.81. The highest BCUT2D eigenvalue weighted by Crippen LogP contribution is 2.37. The Bertz CT molecular complexity index is 994. The number of nitrogens with zero attached hydrogens (tertiary/aromatic N) is 1. The van der Waals surface area contributed by atoms with Crippen molar-refractivity contribution in [2.75, 3.05) is 18.4 Å². The van der Waals surface area contributed by atoms with Gasteiger partial charge in [-0.3, -0.25) is 0 Å². The van der Waals surface area contributed by atoms with Crippen LogP contribution < -0.4 is 14.8 Å². The molecule has 0 radical (unpaired) electrons. The van der Waals surface area contributed by atoms with Gasteiger partial charge in [-0.25, -0.2) is 18.1 Å². The summed E-state index contributed by atoms with van der Waals surface area (Å²) in [6, 6.07) is 7.26. The van der Waals surface area contributed by atoms with Crippen LogP contribution in [0.25, 0.3) is 0 Å². The summed E-state index contributed by atoms with van der Waals surface area (Å²) in [7, 11) is -3.61. The first kappa shape index (κ1) is 19.5. The second kappa shape index (κ2) is 7.89. The molecule has 0 fully saturated rings. The lowest BCUT2D eigenvalue weighted by atomic mass is 10.1. The number of anilines is 1. The number of halogens is 1. The van der Waals surface area contributed by atoms with Crippen LogP contribution in [0.15, 0.2) is 29.2 Å². The predicted octanol–water partition coefficient (Wildman–Crippen LogP) is 3.33. The van der Waals surface area contributed by atoms with Crippen molar-refractivity contribution in [1.29, 1.82) is 0 Å². The van der Waals surface area contributed by atoms with E-state index in [9.17, 15) is 8.42 Å². The summed E-state index contributed by atoms with van der Waals surface area (Å²) in [5, 5.41) is 3.66. The van der Waals surface area contributed by atoms with E-state index in [1.165, 1.54) is 11.6 Å². The topological polar surface area (TPSA) is 80.3 Å². The zero-order chi connectivity index (χ0) is 19.7. The Balaban J connectivity index is 1.36. The van der Waals surface area contributed by atoms with Crippen molar-refractivity contribution in [3.8, 4) is 5.75 Å². The lowest BCUT2D eigenvalue weighted by Gasteiger charge is -2.17. The lowest BCUT2D eigenvalue weighted by Crippen LogP contribution is -2.25. The van der Waals surface area contributed by atoms with Gasteiger partial charge in [0, 0.05) is 30.8 Å². The monoisotopic (exact) mass is 421 g/mol. The summed E-state index contributed by atoms with van der Waals surface area (Å²) >= 11 is 6.21. The van der Waals surface area contributed by atoms with Crippen LogP contribution in [0.3, 0.4) is 0 Å². The normalized spacial score (nSPS) is 18.1. The molecule has 6 nitrogen and oxygen atoms in total. The Labute approximate surface area is 170 Å². The molecule has 4 rings (SSSR count). The van der Waals surface area contributed by atoms with Gasteiger partial charge in [-0.05, 0) is 56.4 Å². The smallest absolute Gasteiger partial charge is 0.240 e. The van der Waals surface area contributed by atoms with Gasteiger partial charge in [-0.15, -0.1) is 0 Å². The molecule has 0 amide bonds. The Hall–Kier alpha value is -1.83. The van der Waals surface area contributed by atoms with E-state index in [1.54, 1.807) is 6.07 Å². The van der Waals surface area contributed by atoms with E-state index in [0.29, 0.717) is 36.6 Å². The highest BCUT2D eigenvalue weighted by Gasteiger charge is 2.25. The summed E-state index contributed by atoms with van der Waals surface area (Å²) in [6.07, 6.45) is 4.25. The van der Waals surface area contributed by atoms with Gasteiger partial charge in [0.25, 0.3) is 0 Å². The summed E-state index contributed by atoms with van der Waals surface area (Å²) in [4.78, 5) is 4.83. The molecule has 2 aliphatic rings. The van der Waals surface area contributed by atoms with Gasteiger partial charge in [0.1, 0.15) is 17.7 Å². The summed E-state index contributed by atoms with van der Waals surface area (Å²) in [5.74, 6) is 1.56. The van der Waals surface area contributed by atoms with Gasteiger partial charge in [0.05, 0.1) is 9.92 Å². The first-order chi connectivity index (χ1) is 13.4. The Morgan fingerprint density at radius 2 is 2.18 bits per heavy atom. The number of rotatable bonds is 6.